The van der Waals surface area contributed by atoms with E-state index < -0.39 is 0 Å². The summed E-state index contributed by atoms with van der Waals surface area (Å²) in [5.41, 5.74) is 4.30. The predicted octanol–water partition coefficient (Wildman–Crippen LogP) is 3.57. The van der Waals surface area contributed by atoms with Crippen molar-refractivity contribution in [2.45, 2.75) is 26.2 Å². The topological polar surface area (TPSA) is 59.9 Å². The van der Waals surface area contributed by atoms with E-state index in [2.05, 4.69) is 17.5 Å². The van der Waals surface area contributed by atoms with E-state index >= 15 is 0 Å². The van der Waals surface area contributed by atoms with Crippen LogP contribution in [-0.2, 0) is 11.2 Å². The molecule has 2 aromatic carbocycles. The summed E-state index contributed by atoms with van der Waals surface area (Å²) >= 11 is 0. The Kier molecular flexibility index (Phi) is 7.50. The van der Waals surface area contributed by atoms with Gasteiger partial charge in [-0.3, -0.25) is 4.79 Å². The van der Waals surface area contributed by atoms with Crippen molar-refractivity contribution in [3.63, 3.8) is 0 Å². The molecule has 0 aliphatic heterocycles. The van der Waals surface area contributed by atoms with Crippen LogP contribution in [0.25, 0.3) is 0 Å². The number of rotatable bonds is 9. The minimum absolute atomic E-state index is 0.158. The van der Waals surface area contributed by atoms with E-state index in [4.69, 9.17) is 9.47 Å². The van der Waals surface area contributed by atoms with Crippen molar-refractivity contribution in [1.29, 1.82) is 0 Å². The quantitative estimate of drug-likeness (QED) is 0.431. The molecule has 0 aliphatic carbocycles. The Morgan fingerprint density at radius 2 is 1.96 bits per heavy atom. The lowest BCUT2D eigenvalue weighted by atomic mass is 10.1. The van der Waals surface area contributed by atoms with Gasteiger partial charge in [-0.2, -0.15) is 5.10 Å². The minimum atomic E-state index is -0.158. The third-order valence-electron chi connectivity index (χ3n) is 3.55. The molecule has 0 fully saturated rings. The Hall–Kier alpha value is -2.82. The highest BCUT2D eigenvalue weighted by Gasteiger charge is 2.05. The van der Waals surface area contributed by atoms with Crippen molar-refractivity contribution in [2.24, 2.45) is 5.10 Å². The lowest BCUT2D eigenvalue weighted by Crippen LogP contribution is -2.19. The third-order valence-corrected chi connectivity index (χ3v) is 3.55. The Morgan fingerprint density at radius 3 is 2.68 bits per heavy atom. The molecule has 5 heteroatoms. The molecule has 0 saturated carbocycles. The number of unbranched alkanes of at least 4 members (excludes halogenated alkanes) is 1. The number of nitrogens with one attached hydrogen (secondary N) is 1. The minimum Gasteiger partial charge on any atom is -0.493 e. The molecule has 2 rings (SSSR count). The van der Waals surface area contributed by atoms with E-state index in [1.165, 1.54) is 0 Å². The third kappa shape index (κ3) is 6.30. The fourth-order valence-electron chi connectivity index (χ4n) is 2.21. The first-order chi connectivity index (χ1) is 12.2. The van der Waals surface area contributed by atoms with Crippen molar-refractivity contribution in [1.82, 2.24) is 5.43 Å². The number of hydrogen-bond donors (Lipinski definition) is 1. The molecule has 0 saturated heterocycles. The maximum Gasteiger partial charge on any atom is 0.244 e. The van der Waals surface area contributed by atoms with Crippen LogP contribution >= 0.6 is 0 Å². The predicted molar refractivity (Wildman–Crippen MR) is 99.3 cm³/mol. The summed E-state index contributed by atoms with van der Waals surface area (Å²) in [7, 11) is 1.60. The molecule has 1 N–H and O–H groups in total. The molecule has 2 aromatic rings. The van der Waals surface area contributed by atoms with E-state index in [0.717, 1.165) is 24.0 Å². The summed E-state index contributed by atoms with van der Waals surface area (Å²) < 4.78 is 11.0. The summed E-state index contributed by atoms with van der Waals surface area (Å²) in [4.78, 5) is 11.9. The smallest absolute Gasteiger partial charge is 0.244 e. The van der Waals surface area contributed by atoms with Gasteiger partial charge in [0.05, 0.1) is 26.4 Å². The fourth-order valence-corrected chi connectivity index (χ4v) is 2.21. The Morgan fingerprint density at radius 1 is 1.16 bits per heavy atom. The van der Waals surface area contributed by atoms with E-state index in [0.29, 0.717) is 24.5 Å². The summed E-state index contributed by atoms with van der Waals surface area (Å²) in [5.74, 6) is 1.20. The second-order valence-electron chi connectivity index (χ2n) is 5.57. The number of benzene rings is 2. The normalized spacial score (nSPS) is 10.6. The second kappa shape index (κ2) is 10.1. The zero-order valence-corrected chi connectivity index (χ0v) is 14.7. The van der Waals surface area contributed by atoms with E-state index in [1.54, 1.807) is 13.3 Å². The van der Waals surface area contributed by atoms with Gasteiger partial charge in [-0.1, -0.05) is 43.7 Å². The van der Waals surface area contributed by atoms with Crippen LogP contribution < -0.4 is 14.9 Å². The number of carbonyl (C=O) groups excluding carboxylic acids is 1. The highest BCUT2D eigenvalue weighted by Crippen LogP contribution is 2.27. The van der Waals surface area contributed by atoms with Gasteiger partial charge in [0.1, 0.15) is 0 Å². The number of carbonyl (C=O) groups is 1. The van der Waals surface area contributed by atoms with Gasteiger partial charge in [-0.25, -0.2) is 5.43 Å². The molecular weight excluding hydrogens is 316 g/mol. The number of hydrazone groups is 1. The van der Waals surface area contributed by atoms with E-state index in [9.17, 15) is 4.79 Å². The first-order valence-corrected chi connectivity index (χ1v) is 8.39. The molecule has 0 atom stereocenters. The first kappa shape index (κ1) is 18.5. The van der Waals surface area contributed by atoms with Crippen LogP contribution in [0.2, 0.25) is 0 Å². The first-order valence-electron chi connectivity index (χ1n) is 8.39. The van der Waals surface area contributed by atoms with Gasteiger partial charge in [0.25, 0.3) is 0 Å². The molecular formula is C20H24N2O3. The zero-order chi connectivity index (χ0) is 17.9. The Bertz CT molecular complexity index is 699. The standard InChI is InChI=1S/C20H24N2O3/c1-3-4-12-25-18-11-10-17(13-19(18)24-2)15-21-22-20(23)14-16-8-6-5-7-9-16/h5-11,13,15H,3-4,12,14H2,1-2H3,(H,22,23)/b21-15+. The Balaban J connectivity index is 1.90. The van der Waals surface area contributed by atoms with Crippen LogP contribution in [0.3, 0.4) is 0 Å². The van der Waals surface area contributed by atoms with E-state index in [1.807, 2.05) is 48.5 Å². The molecule has 25 heavy (non-hydrogen) atoms. The van der Waals surface area contributed by atoms with Crippen LogP contribution in [-0.4, -0.2) is 25.8 Å². The molecule has 132 valence electrons. The maximum atomic E-state index is 11.9. The fraction of sp³-hybridized carbons (Fsp3) is 0.300. The molecule has 0 aromatic heterocycles. The number of nitrogens with zero attached hydrogens (tertiary/aromatic N) is 1. The van der Waals surface area contributed by atoms with Crippen molar-refractivity contribution < 1.29 is 14.3 Å². The van der Waals surface area contributed by atoms with Crippen LogP contribution in [0.15, 0.2) is 53.6 Å². The van der Waals surface area contributed by atoms with Gasteiger partial charge in [-0.15, -0.1) is 0 Å². The van der Waals surface area contributed by atoms with Gasteiger partial charge in [-0.05, 0) is 35.7 Å². The molecule has 0 radical (unpaired) electrons. The van der Waals surface area contributed by atoms with Gasteiger partial charge < -0.3 is 9.47 Å². The monoisotopic (exact) mass is 340 g/mol. The van der Waals surface area contributed by atoms with Crippen LogP contribution in [0.5, 0.6) is 11.5 Å². The van der Waals surface area contributed by atoms with Crippen molar-refractivity contribution in [3.05, 3.63) is 59.7 Å². The maximum absolute atomic E-state index is 11.9. The summed E-state index contributed by atoms with van der Waals surface area (Å²) in [6.45, 7) is 2.78. The number of hydrogen-bond acceptors (Lipinski definition) is 4. The second-order valence-corrected chi connectivity index (χ2v) is 5.57. The average molecular weight is 340 g/mol. The summed E-state index contributed by atoms with van der Waals surface area (Å²) in [5, 5.41) is 4.00. The molecule has 0 bridgehead atoms. The summed E-state index contributed by atoms with van der Waals surface area (Å²) in [6, 6.07) is 15.1. The van der Waals surface area contributed by atoms with Gasteiger partial charge in [0.2, 0.25) is 5.91 Å². The molecule has 0 aliphatic rings. The lowest BCUT2D eigenvalue weighted by Gasteiger charge is -2.10. The number of methoxy groups -OCH3 is 1. The highest BCUT2D eigenvalue weighted by atomic mass is 16.5. The van der Waals surface area contributed by atoms with Crippen LogP contribution in [0.1, 0.15) is 30.9 Å². The molecule has 1 amide bonds. The van der Waals surface area contributed by atoms with Crippen molar-refractivity contribution >= 4 is 12.1 Å². The van der Waals surface area contributed by atoms with Crippen LogP contribution in [0, 0.1) is 0 Å². The van der Waals surface area contributed by atoms with Gasteiger partial charge in [0.15, 0.2) is 11.5 Å². The van der Waals surface area contributed by atoms with Gasteiger partial charge >= 0.3 is 0 Å². The Labute approximate surface area is 148 Å². The lowest BCUT2D eigenvalue weighted by molar-refractivity contribution is -0.120. The highest BCUT2D eigenvalue weighted by molar-refractivity contribution is 5.84. The molecule has 0 unspecified atom stereocenters. The average Bonchev–Trinajstić information content (AvgIpc) is 2.63. The summed E-state index contributed by atoms with van der Waals surface area (Å²) in [6.07, 6.45) is 3.96. The van der Waals surface area contributed by atoms with Crippen LogP contribution in [0.4, 0.5) is 0 Å². The number of amides is 1. The largest absolute Gasteiger partial charge is 0.493 e. The van der Waals surface area contributed by atoms with E-state index in [-0.39, 0.29) is 5.91 Å². The SMILES string of the molecule is CCCCOc1ccc(/C=N/NC(=O)Cc2ccccc2)cc1OC. The van der Waals surface area contributed by atoms with Gasteiger partial charge in [0, 0.05) is 0 Å². The number of ether oxygens (including phenoxy) is 2. The molecule has 0 spiro atoms. The molecule has 5 nitrogen and oxygen atoms in total. The van der Waals surface area contributed by atoms with Crippen molar-refractivity contribution in [2.75, 3.05) is 13.7 Å². The zero-order valence-electron chi connectivity index (χ0n) is 14.7. The van der Waals surface area contributed by atoms with Crippen molar-refractivity contribution in [3.8, 4) is 11.5 Å². The molecule has 0 heterocycles.